The number of carboxylic acids is 1. The lowest BCUT2D eigenvalue weighted by Gasteiger charge is -2.12. The molecule has 0 heterocycles. The number of carboxylic acid groups (broad SMARTS) is 1. The summed E-state index contributed by atoms with van der Waals surface area (Å²) in [7, 11) is 0. The first-order valence-electron chi connectivity index (χ1n) is 6.53. The first-order valence-corrected chi connectivity index (χ1v) is 6.53. The van der Waals surface area contributed by atoms with Crippen LogP contribution in [0.25, 0.3) is 0 Å². The quantitative estimate of drug-likeness (QED) is 0.768. The summed E-state index contributed by atoms with van der Waals surface area (Å²) in [4.78, 5) is 22.4. The van der Waals surface area contributed by atoms with E-state index in [2.05, 4.69) is 5.32 Å². The molecule has 2 unspecified atom stereocenters. The Bertz CT molecular complexity index is 321. The lowest BCUT2D eigenvalue weighted by atomic mass is 10.0. The van der Waals surface area contributed by atoms with Crippen LogP contribution in [0.4, 0.5) is 0 Å². The van der Waals surface area contributed by atoms with Crippen molar-refractivity contribution < 1.29 is 14.7 Å². The van der Waals surface area contributed by atoms with Crippen LogP contribution in [0.1, 0.15) is 45.4 Å². The Hall–Kier alpha value is -1.06. The van der Waals surface area contributed by atoms with Gasteiger partial charge in [-0.2, -0.15) is 0 Å². The average Bonchev–Trinajstić information content (AvgIpc) is 2.72. The molecule has 0 aliphatic heterocycles. The van der Waals surface area contributed by atoms with Crippen molar-refractivity contribution in [3.63, 3.8) is 0 Å². The zero-order valence-electron chi connectivity index (χ0n) is 10.4. The highest BCUT2D eigenvalue weighted by Crippen LogP contribution is 2.62. The smallest absolute Gasteiger partial charge is 0.303 e. The summed E-state index contributed by atoms with van der Waals surface area (Å²) >= 11 is 0. The third kappa shape index (κ3) is 2.79. The van der Waals surface area contributed by atoms with Gasteiger partial charge in [0.15, 0.2) is 0 Å². The van der Waals surface area contributed by atoms with Gasteiger partial charge < -0.3 is 10.4 Å². The number of carbonyl (C=O) groups excluding carboxylic acids is 1. The monoisotopic (exact) mass is 239 g/mol. The van der Waals surface area contributed by atoms with E-state index >= 15 is 0 Å². The van der Waals surface area contributed by atoms with Gasteiger partial charge in [-0.05, 0) is 30.6 Å². The molecule has 0 saturated heterocycles. The molecule has 0 aromatic carbocycles. The summed E-state index contributed by atoms with van der Waals surface area (Å²) in [6.45, 7) is 2.34. The molecule has 2 atom stereocenters. The molecule has 4 heteroatoms. The van der Waals surface area contributed by atoms with Crippen molar-refractivity contribution in [1.29, 1.82) is 0 Å². The molecule has 17 heavy (non-hydrogen) atoms. The van der Waals surface area contributed by atoms with Gasteiger partial charge in [0.1, 0.15) is 0 Å². The summed E-state index contributed by atoms with van der Waals surface area (Å²) in [6, 6.07) is 0. The molecular formula is C13H21NO3. The van der Waals surface area contributed by atoms with Crippen LogP contribution in [0.5, 0.6) is 0 Å². The lowest BCUT2D eigenvalue weighted by molar-refractivity contribution is -0.138. The van der Waals surface area contributed by atoms with Gasteiger partial charge in [0.05, 0.1) is 0 Å². The molecule has 0 radical (unpaired) electrons. The molecule has 2 aliphatic rings. The van der Waals surface area contributed by atoms with Gasteiger partial charge in [-0.25, -0.2) is 0 Å². The predicted octanol–water partition coefficient (Wildman–Crippen LogP) is 1.79. The van der Waals surface area contributed by atoms with E-state index in [9.17, 15) is 9.59 Å². The highest BCUT2D eigenvalue weighted by Gasteiger charge is 2.58. The van der Waals surface area contributed by atoms with Crippen molar-refractivity contribution in [2.75, 3.05) is 6.54 Å². The van der Waals surface area contributed by atoms with E-state index in [1.807, 2.05) is 6.92 Å². The summed E-state index contributed by atoms with van der Waals surface area (Å²) in [5, 5.41) is 11.5. The van der Waals surface area contributed by atoms with Crippen molar-refractivity contribution in [3.05, 3.63) is 0 Å². The molecule has 1 spiro atoms. The van der Waals surface area contributed by atoms with Crippen LogP contribution in [0.3, 0.4) is 0 Å². The van der Waals surface area contributed by atoms with E-state index in [1.54, 1.807) is 0 Å². The van der Waals surface area contributed by atoms with E-state index in [4.69, 9.17) is 5.11 Å². The van der Waals surface area contributed by atoms with Gasteiger partial charge in [-0.3, -0.25) is 9.59 Å². The third-order valence-corrected chi connectivity index (χ3v) is 4.25. The summed E-state index contributed by atoms with van der Waals surface area (Å²) in [5.74, 6) is -0.439. The Balaban J connectivity index is 1.70. The molecule has 96 valence electrons. The molecular weight excluding hydrogens is 218 g/mol. The highest BCUT2D eigenvalue weighted by molar-refractivity contribution is 5.82. The number of rotatable bonds is 5. The fourth-order valence-electron chi connectivity index (χ4n) is 3.12. The minimum Gasteiger partial charge on any atom is -0.481 e. The molecule has 0 aromatic heterocycles. The Kier molecular flexibility index (Phi) is 3.40. The Labute approximate surface area is 102 Å². The second kappa shape index (κ2) is 4.67. The summed E-state index contributed by atoms with van der Waals surface area (Å²) < 4.78 is 0. The number of hydrogen-bond donors (Lipinski definition) is 2. The van der Waals surface area contributed by atoms with Crippen LogP contribution in [-0.2, 0) is 9.59 Å². The van der Waals surface area contributed by atoms with Gasteiger partial charge in [0.2, 0.25) is 5.91 Å². The van der Waals surface area contributed by atoms with Crippen LogP contribution < -0.4 is 5.32 Å². The van der Waals surface area contributed by atoms with Crippen LogP contribution in [0.15, 0.2) is 0 Å². The van der Waals surface area contributed by atoms with Crippen molar-refractivity contribution in [1.82, 2.24) is 5.32 Å². The fraction of sp³-hybridized carbons (Fsp3) is 0.846. The van der Waals surface area contributed by atoms with Crippen molar-refractivity contribution in [2.24, 2.45) is 17.3 Å². The summed E-state index contributed by atoms with van der Waals surface area (Å²) in [5.41, 5.74) is 0.333. The molecule has 2 fully saturated rings. The van der Waals surface area contributed by atoms with E-state index in [0.717, 1.165) is 6.42 Å². The third-order valence-electron chi connectivity index (χ3n) is 4.25. The maximum absolute atomic E-state index is 11.9. The standard InChI is InChI=1S/C13H21NO3/c1-9(6-11(15)16)8-14-12(17)10-7-13(10)4-2-3-5-13/h9-10H,2-8H2,1H3,(H,14,17)(H,15,16). The van der Waals surface area contributed by atoms with Crippen LogP contribution >= 0.6 is 0 Å². The van der Waals surface area contributed by atoms with Gasteiger partial charge in [-0.1, -0.05) is 19.8 Å². The van der Waals surface area contributed by atoms with Gasteiger partial charge in [0.25, 0.3) is 0 Å². The second-order valence-electron chi connectivity index (χ2n) is 5.77. The number of carbonyl (C=O) groups is 2. The van der Waals surface area contributed by atoms with Crippen molar-refractivity contribution in [2.45, 2.75) is 45.4 Å². The number of amides is 1. The van der Waals surface area contributed by atoms with E-state index in [-0.39, 0.29) is 24.2 Å². The van der Waals surface area contributed by atoms with Gasteiger partial charge in [-0.15, -0.1) is 0 Å². The zero-order chi connectivity index (χ0) is 12.5. The molecule has 2 rings (SSSR count). The highest BCUT2D eigenvalue weighted by atomic mass is 16.4. The Morgan fingerprint density at radius 1 is 1.41 bits per heavy atom. The lowest BCUT2D eigenvalue weighted by Crippen LogP contribution is -2.31. The minimum atomic E-state index is -0.801. The molecule has 2 saturated carbocycles. The van der Waals surface area contributed by atoms with Gasteiger partial charge >= 0.3 is 5.97 Å². The Morgan fingerprint density at radius 2 is 2.06 bits per heavy atom. The molecule has 2 aliphatic carbocycles. The summed E-state index contributed by atoms with van der Waals surface area (Å²) in [6.07, 6.45) is 6.10. The van der Waals surface area contributed by atoms with Crippen molar-refractivity contribution >= 4 is 11.9 Å². The van der Waals surface area contributed by atoms with Gasteiger partial charge in [0, 0.05) is 18.9 Å². The van der Waals surface area contributed by atoms with Crippen molar-refractivity contribution in [3.8, 4) is 0 Å². The minimum absolute atomic E-state index is 0.00901. The topological polar surface area (TPSA) is 66.4 Å². The van der Waals surface area contributed by atoms with E-state index < -0.39 is 5.97 Å². The second-order valence-corrected chi connectivity index (χ2v) is 5.77. The van der Waals surface area contributed by atoms with Crippen LogP contribution in [0, 0.1) is 17.3 Å². The normalized spacial score (nSPS) is 26.8. The maximum Gasteiger partial charge on any atom is 0.303 e. The first kappa shape index (κ1) is 12.4. The first-order chi connectivity index (χ1) is 8.03. The Morgan fingerprint density at radius 3 is 2.65 bits per heavy atom. The number of hydrogen-bond acceptors (Lipinski definition) is 2. The number of aliphatic carboxylic acids is 1. The van der Waals surface area contributed by atoms with E-state index in [0.29, 0.717) is 12.0 Å². The fourth-order valence-corrected chi connectivity index (χ4v) is 3.12. The predicted molar refractivity (Wildman–Crippen MR) is 63.4 cm³/mol. The molecule has 0 bridgehead atoms. The largest absolute Gasteiger partial charge is 0.481 e. The zero-order valence-corrected chi connectivity index (χ0v) is 10.4. The average molecular weight is 239 g/mol. The molecule has 1 amide bonds. The molecule has 0 aromatic rings. The SMILES string of the molecule is CC(CNC(=O)C1CC12CCCC2)CC(=O)O. The molecule has 4 nitrogen and oxygen atoms in total. The van der Waals surface area contributed by atoms with Crippen LogP contribution in [0.2, 0.25) is 0 Å². The van der Waals surface area contributed by atoms with Crippen LogP contribution in [-0.4, -0.2) is 23.5 Å². The van der Waals surface area contributed by atoms with E-state index in [1.165, 1.54) is 25.7 Å². The maximum atomic E-state index is 11.9. The number of nitrogens with one attached hydrogen (secondary N) is 1. The molecule has 2 N–H and O–H groups in total.